The lowest BCUT2D eigenvalue weighted by molar-refractivity contribution is 0.395. The molecule has 0 bridgehead atoms. The van der Waals surface area contributed by atoms with E-state index in [9.17, 15) is 0 Å². The van der Waals surface area contributed by atoms with Crippen molar-refractivity contribution in [3.8, 4) is 22.8 Å². The number of nitrogens with zero attached hydrogens (tertiary/aromatic N) is 2. The van der Waals surface area contributed by atoms with Crippen LogP contribution in [0.1, 0.15) is 18.0 Å². The maximum Gasteiger partial charge on any atom is 0.141 e. The minimum Gasteiger partial charge on any atom is -0.496 e. The summed E-state index contributed by atoms with van der Waals surface area (Å²) in [6.45, 7) is 0.549. The number of nitrogens with two attached hydrogens (primary N) is 2. The van der Waals surface area contributed by atoms with Crippen LogP contribution in [-0.2, 0) is 0 Å². The van der Waals surface area contributed by atoms with Crippen LogP contribution < -0.4 is 20.9 Å². The molecule has 0 amide bonds. The smallest absolute Gasteiger partial charge is 0.141 e. The number of aromatic nitrogens is 2. The lowest BCUT2D eigenvalue weighted by Gasteiger charge is -2.10. The van der Waals surface area contributed by atoms with E-state index in [1.54, 1.807) is 26.4 Å². The van der Waals surface area contributed by atoms with E-state index in [4.69, 9.17) is 32.5 Å². The molecule has 132 valence electrons. The van der Waals surface area contributed by atoms with Gasteiger partial charge in [0, 0.05) is 30.1 Å². The van der Waals surface area contributed by atoms with Crippen LogP contribution in [0.2, 0.25) is 5.02 Å². The number of methoxy groups -OCH3 is 2. The summed E-state index contributed by atoms with van der Waals surface area (Å²) in [5.41, 5.74) is 15.1. The van der Waals surface area contributed by atoms with Crippen molar-refractivity contribution in [2.75, 3.05) is 20.8 Å². The molecule has 0 saturated heterocycles. The number of benzene rings is 1. The number of ether oxygens (including phenoxy) is 2. The van der Waals surface area contributed by atoms with Crippen molar-refractivity contribution >= 4 is 17.2 Å². The fourth-order valence-corrected chi connectivity index (χ4v) is 3.01. The molecule has 3 rings (SSSR count). The van der Waals surface area contributed by atoms with Crippen LogP contribution in [0.4, 0.5) is 0 Å². The van der Waals surface area contributed by atoms with Gasteiger partial charge in [-0.25, -0.2) is 4.98 Å². The lowest BCUT2D eigenvalue weighted by Crippen LogP contribution is -2.15. The van der Waals surface area contributed by atoms with E-state index in [-0.39, 0.29) is 6.04 Å². The summed E-state index contributed by atoms with van der Waals surface area (Å²) in [5, 5.41) is 0.501. The van der Waals surface area contributed by atoms with Crippen LogP contribution in [0.5, 0.6) is 11.5 Å². The molecular formula is C18H21ClN4O2. The van der Waals surface area contributed by atoms with Gasteiger partial charge in [-0.3, -0.25) is 0 Å². The Balaban J connectivity index is 2.06. The summed E-state index contributed by atoms with van der Waals surface area (Å²) < 4.78 is 12.6. The van der Waals surface area contributed by atoms with E-state index >= 15 is 0 Å². The van der Waals surface area contributed by atoms with Crippen LogP contribution in [0.25, 0.3) is 16.9 Å². The van der Waals surface area contributed by atoms with Gasteiger partial charge >= 0.3 is 0 Å². The first-order chi connectivity index (χ1) is 12.1. The summed E-state index contributed by atoms with van der Waals surface area (Å²) >= 11 is 6.27. The molecule has 6 nitrogen and oxygen atoms in total. The van der Waals surface area contributed by atoms with Gasteiger partial charge < -0.3 is 25.3 Å². The van der Waals surface area contributed by atoms with E-state index in [2.05, 4.69) is 4.98 Å². The van der Waals surface area contributed by atoms with Crippen LogP contribution in [0, 0.1) is 0 Å². The molecule has 0 saturated carbocycles. The second kappa shape index (κ2) is 7.31. The molecular weight excluding hydrogens is 340 g/mol. The first-order valence-electron chi connectivity index (χ1n) is 7.93. The van der Waals surface area contributed by atoms with Crippen molar-refractivity contribution in [3.05, 3.63) is 47.2 Å². The normalized spacial score (nSPS) is 12.4. The van der Waals surface area contributed by atoms with Crippen LogP contribution >= 0.6 is 11.6 Å². The largest absolute Gasteiger partial charge is 0.496 e. The van der Waals surface area contributed by atoms with Gasteiger partial charge in [-0.05, 0) is 36.7 Å². The average Bonchev–Trinajstić information content (AvgIpc) is 3.04. The Kier molecular flexibility index (Phi) is 5.13. The fraction of sp³-hybridized carbons (Fsp3) is 0.278. The Morgan fingerprint density at radius 2 is 1.96 bits per heavy atom. The number of hydrogen-bond acceptors (Lipinski definition) is 5. The van der Waals surface area contributed by atoms with Crippen LogP contribution in [0.3, 0.4) is 0 Å². The molecule has 0 spiro atoms. The van der Waals surface area contributed by atoms with E-state index in [0.29, 0.717) is 23.1 Å². The number of imidazole rings is 1. The van der Waals surface area contributed by atoms with Gasteiger partial charge in [-0.15, -0.1) is 0 Å². The van der Waals surface area contributed by atoms with Crippen molar-refractivity contribution in [1.82, 2.24) is 9.38 Å². The molecule has 0 fully saturated rings. The summed E-state index contributed by atoms with van der Waals surface area (Å²) in [6, 6.07) is 7.41. The zero-order valence-electron chi connectivity index (χ0n) is 14.2. The quantitative estimate of drug-likeness (QED) is 0.705. The zero-order valence-corrected chi connectivity index (χ0v) is 15.0. The minimum atomic E-state index is -0.0971. The molecule has 3 aromatic rings. The average molecular weight is 361 g/mol. The van der Waals surface area contributed by atoms with Crippen molar-refractivity contribution in [3.63, 3.8) is 0 Å². The maximum atomic E-state index is 6.27. The Hall–Kier alpha value is -2.28. The van der Waals surface area contributed by atoms with Gasteiger partial charge in [0.2, 0.25) is 0 Å². The van der Waals surface area contributed by atoms with Crippen molar-refractivity contribution in [2.24, 2.45) is 11.5 Å². The molecule has 4 N–H and O–H groups in total. The van der Waals surface area contributed by atoms with Gasteiger partial charge in [0.25, 0.3) is 0 Å². The van der Waals surface area contributed by atoms with Crippen LogP contribution in [0.15, 0.2) is 36.7 Å². The molecule has 0 radical (unpaired) electrons. The van der Waals surface area contributed by atoms with E-state index in [1.807, 2.05) is 28.9 Å². The Morgan fingerprint density at radius 3 is 2.64 bits per heavy atom. The second-order valence-corrected chi connectivity index (χ2v) is 6.13. The van der Waals surface area contributed by atoms with E-state index in [1.165, 1.54) is 0 Å². The summed E-state index contributed by atoms with van der Waals surface area (Å²) in [4.78, 5) is 4.69. The topological polar surface area (TPSA) is 87.8 Å². The number of hydrogen-bond donors (Lipinski definition) is 2. The van der Waals surface area contributed by atoms with Crippen molar-refractivity contribution in [1.29, 1.82) is 0 Å². The second-order valence-electron chi connectivity index (χ2n) is 5.72. The first-order valence-corrected chi connectivity index (χ1v) is 8.31. The third kappa shape index (κ3) is 3.42. The van der Waals surface area contributed by atoms with Gasteiger partial charge in [0.1, 0.15) is 17.1 Å². The summed E-state index contributed by atoms with van der Waals surface area (Å²) in [7, 11) is 3.17. The molecule has 1 unspecified atom stereocenters. The maximum absolute atomic E-state index is 6.27. The molecule has 7 heteroatoms. The van der Waals surface area contributed by atoms with Gasteiger partial charge in [-0.2, -0.15) is 0 Å². The third-order valence-corrected chi connectivity index (χ3v) is 4.44. The predicted molar refractivity (Wildman–Crippen MR) is 99.3 cm³/mol. The monoisotopic (exact) mass is 360 g/mol. The third-order valence-electron chi connectivity index (χ3n) is 4.14. The molecule has 1 atom stereocenters. The highest BCUT2D eigenvalue weighted by Gasteiger charge is 2.15. The molecule has 25 heavy (non-hydrogen) atoms. The Labute approximate surface area is 151 Å². The SMILES string of the molecule is COc1cc(OC)c(-c2cn3ccc(C(N)CCN)cc3n2)cc1Cl. The summed E-state index contributed by atoms with van der Waals surface area (Å²) in [6.07, 6.45) is 4.59. The number of pyridine rings is 1. The number of halogens is 1. The summed E-state index contributed by atoms with van der Waals surface area (Å²) in [5.74, 6) is 1.20. The molecule has 0 aliphatic heterocycles. The van der Waals surface area contributed by atoms with Gasteiger partial charge in [0.05, 0.1) is 24.9 Å². The van der Waals surface area contributed by atoms with Gasteiger partial charge in [0.15, 0.2) is 0 Å². The minimum absolute atomic E-state index is 0.0971. The highest BCUT2D eigenvalue weighted by molar-refractivity contribution is 6.32. The molecule has 0 aliphatic carbocycles. The lowest BCUT2D eigenvalue weighted by atomic mass is 10.1. The number of rotatable bonds is 6. The molecule has 0 aliphatic rings. The molecule has 1 aromatic carbocycles. The Bertz CT molecular complexity index is 894. The standard InChI is InChI=1S/C18H21ClN4O2/c1-24-16-9-17(25-2)13(19)8-12(16)15-10-23-6-4-11(7-18(23)22-15)14(21)3-5-20/h4,6-10,14H,3,5,20-21H2,1-2H3. The number of fused-ring (bicyclic) bond motifs is 1. The van der Waals surface area contributed by atoms with Crippen molar-refractivity contribution in [2.45, 2.75) is 12.5 Å². The van der Waals surface area contributed by atoms with Crippen molar-refractivity contribution < 1.29 is 9.47 Å². The van der Waals surface area contributed by atoms with E-state index < -0.39 is 0 Å². The molecule has 2 aromatic heterocycles. The van der Waals surface area contributed by atoms with E-state index in [0.717, 1.165) is 28.9 Å². The van der Waals surface area contributed by atoms with Crippen LogP contribution in [-0.4, -0.2) is 30.1 Å². The zero-order chi connectivity index (χ0) is 18.0. The van der Waals surface area contributed by atoms with Gasteiger partial charge in [-0.1, -0.05) is 11.6 Å². The fourth-order valence-electron chi connectivity index (χ4n) is 2.76. The Morgan fingerprint density at radius 1 is 1.20 bits per heavy atom. The first kappa shape index (κ1) is 17.5. The highest BCUT2D eigenvalue weighted by Crippen LogP contribution is 2.38. The predicted octanol–water partition coefficient (Wildman–Crippen LogP) is 3.02. The highest BCUT2D eigenvalue weighted by atomic mass is 35.5. The molecule has 2 heterocycles.